The predicted octanol–water partition coefficient (Wildman–Crippen LogP) is 1.59. The zero-order valence-corrected chi connectivity index (χ0v) is 17.0. The maximum Gasteiger partial charge on any atom is 0.293 e. The molecule has 1 saturated heterocycles. The molecule has 4 heterocycles. The average molecular weight is 411 g/mol. The van der Waals surface area contributed by atoms with Crippen LogP contribution in [0.1, 0.15) is 25.3 Å². The lowest BCUT2D eigenvalue weighted by molar-refractivity contribution is 0.494. The van der Waals surface area contributed by atoms with E-state index in [-0.39, 0.29) is 11.6 Å². The molecular weight excluding hydrogens is 388 g/mol. The van der Waals surface area contributed by atoms with Gasteiger partial charge in [-0.1, -0.05) is 6.07 Å². The van der Waals surface area contributed by atoms with Crippen LogP contribution in [0.2, 0.25) is 0 Å². The highest BCUT2D eigenvalue weighted by Crippen LogP contribution is 2.23. The van der Waals surface area contributed by atoms with Gasteiger partial charge in [0.1, 0.15) is 22.1 Å². The van der Waals surface area contributed by atoms with Crippen LogP contribution in [-0.4, -0.2) is 47.2 Å². The first-order valence-electron chi connectivity index (χ1n) is 9.82. The Bertz CT molecular complexity index is 1240. The molecule has 1 atom stereocenters. The quantitative estimate of drug-likeness (QED) is 0.544. The second-order valence-electron chi connectivity index (χ2n) is 7.43. The van der Waals surface area contributed by atoms with E-state index in [2.05, 4.69) is 18.7 Å². The maximum atomic E-state index is 13.3. The van der Waals surface area contributed by atoms with Crippen LogP contribution in [0, 0.1) is 0 Å². The van der Waals surface area contributed by atoms with E-state index in [9.17, 15) is 4.79 Å². The number of nitrogens with two attached hydrogens (primary N) is 1. The first-order valence-corrected chi connectivity index (χ1v) is 10.5. The summed E-state index contributed by atoms with van der Waals surface area (Å²) in [6.07, 6.45) is 3.74. The number of fused-ring (bicyclic) bond motifs is 2. The Labute approximate surface area is 171 Å². The van der Waals surface area contributed by atoms with Crippen molar-refractivity contribution in [2.75, 3.05) is 18.0 Å². The van der Waals surface area contributed by atoms with Gasteiger partial charge in [0.25, 0.3) is 5.56 Å². The van der Waals surface area contributed by atoms with Crippen LogP contribution in [-0.2, 0) is 13.1 Å². The highest BCUT2D eigenvalue weighted by molar-refractivity contribution is 7.00. The van der Waals surface area contributed by atoms with Gasteiger partial charge < -0.3 is 15.2 Å². The smallest absolute Gasteiger partial charge is 0.293 e. The molecule has 0 radical (unpaired) electrons. The zero-order chi connectivity index (χ0) is 20.0. The van der Waals surface area contributed by atoms with Gasteiger partial charge in [0.2, 0.25) is 5.95 Å². The summed E-state index contributed by atoms with van der Waals surface area (Å²) in [7, 11) is 0. The van der Waals surface area contributed by atoms with Gasteiger partial charge in [-0.15, -0.1) is 0 Å². The van der Waals surface area contributed by atoms with Crippen molar-refractivity contribution in [3.05, 3.63) is 40.3 Å². The minimum absolute atomic E-state index is 0.138. The highest BCUT2D eigenvalue weighted by Gasteiger charge is 2.24. The van der Waals surface area contributed by atoms with Crippen LogP contribution in [0.5, 0.6) is 0 Å². The lowest BCUT2D eigenvalue weighted by Gasteiger charge is -2.31. The second kappa shape index (κ2) is 7.20. The average Bonchev–Trinajstić information content (AvgIpc) is 3.34. The number of rotatable bonds is 4. The summed E-state index contributed by atoms with van der Waals surface area (Å²) < 4.78 is 12.0. The number of aryl methyl sites for hydroxylation is 1. The predicted molar refractivity (Wildman–Crippen MR) is 113 cm³/mol. The Morgan fingerprint density at radius 3 is 2.93 bits per heavy atom. The molecular formula is C19H22N8OS. The van der Waals surface area contributed by atoms with Crippen molar-refractivity contribution in [2.24, 2.45) is 5.73 Å². The van der Waals surface area contributed by atoms with Crippen LogP contribution in [0.4, 0.5) is 5.95 Å². The first-order chi connectivity index (χ1) is 14.1. The van der Waals surface area contributed by atoms with Gasteiger partial charge in [-0.3, -0.25) is 4.79 Å². The van der Waals surface area contributed by atoms with Gasteiger partial charge in [-0.2, -0.15) is 13.8 Å². The number of anilines is 1. The molecule has 0 spiro atoms. The summed E-state index contributed by atoms with van der Waals surface area (Å²) in [5.74, 6) is 0.810. The van der Waals surface area contributed by atoms with Gasteiger partial charge in [-0.25, -0.2) is 9.67 Å². The fraction of sp³-hybridized carbons (Fsp3) is 0.421. The molecule has 0 bridgehead atoms. The molecule has 10 heteroatoms. The summed E-state index contributed by atoms with van der Waals surface area (Å²) in [5.41, 5.74) is 9.90. The van der Waals surface area contributed by atoms with E-state index in [4.69, 9.17) is 10.7 Å². The molecule has 1 aliphatic rings. The van der Waals surface area contributed by atoms with Gasteiger partial charge >= 0.3 is 0 Å². The summed E-state index contributed by atoms with van der Waals surface area (Å²) in [6, 6.07) is 5.97. The van der Waals surface area contributed by atoms with Gasteiger partial charge in [0.15, 0.2) is 0 Å². The molecule has 1 aliphatic heterocycles. The molecule has 1 fully saturated rings. The van der Waals surface area contributed by atoms with Gasteiger partial charge in [0.05, 0.1) is 24.5 Å². The van der Waals surface area contributed by atoms with E-state index in [0.29, 0.717) is 24.1 Å². The molecule has 0 aliphatic carbocycles. The summed E-state index contributed by atoms with van der Waals surface area (Å²) in [4.78, 5) is 20.2. The van der Waals surface area contributed by atoms with Crippen molar-refractivity contribution < 1.29 is 0 Å². The highest BCUT2D eigenvalue weighted by atomic mass is 32.1. The van der Waals surface area contributed by atoms with E-state index >= 15 is 0 Å². The maximum absolute atomic E-state index is 13.3. The number of nitrogens with zero attached hydrogens (tertiary/aromatic N) is 7. The summed E-state index contributed by atoms with van der Waals surface area (Å²) in [6.45, 7) is 4.73. The Kier molecular flexibility index (Phi) is 4.51. The largest absolute Gasteiger partial charge is 0.341 e. The molecule has 0 amide bonds. The Hall–Kier alpha value is -2.85. The van der Waals surface area contributed by atoms with E-state index in [1.54, 1.807) is 6.20 Å². The van der Waals surface area contributed by atoms with E-state index in [1.807, 2.05) is 29.7 Å². The first kappa shape index (κ1) is 18.2. The Morgan fingerprint density at radius 1 is 1.24 bits per heavy atom. The number of benzene rings is 1. The molecule has 3 aromatic heterocycles. The molecule has 0 saturated carbocycles. The topological polar surface area (TPSA) is 108 Å². The molecule has 150 valence electrons. The van der Waals surface area contributed by atoms with Crippen LogP contribution in [0.25, 0.3) is 22.1 Å². The van der Waals surface area contributed by atoms with Crippen molar-refractivity contribution in [3.8, 4) is 0 Å². The van der Waals surface area contributed by atoms with Crippen molar-refractivity contribution in [1.82, 2.24) is 28.1 Å². The standard InChI is InChI=1S/C19H22N8OS/c1-2-26-17-16(22-19(26)25-7-3-4-13(20)11-25)9-21-27(18(17)28)10-12-5-6-14-15(8-12)24-29-23-14/h5-6,8-9,13H,2-4,7,10-11,20H2,1H3/t13-/m1/s1. The number of hydrogen-bond donors (Lipinski definition) is 1. The lowest BCUT2D eigenvalue weighted by Crippen LogP contribution is -2.44. The molecule has 9 nitrogen and oxygen atoms in total. The summed E-state index contributed by atoms with van der Waals surface area (Å²) >= 11 is 1.18. The van der Waals surface area contributed by atoms with Crippen LogP contribution in [0.15, 0.2) is 29.2 Å². The van der Waals surface area contributed by atoms with E-state index in [0.717, 1.165) is 48.5 Å². The van der Waals surface area contributed by atoms with Crippen LogP contribution >= 0.6 is 11.7 Å². The molecule has 0 unspecified atom stereocenters. The van der Waals surface area contributed by atoms with Gasteiger partial charge in [0, 0.05) is 25.7 Å². The molecule has 1 aromatic carbocycles. The van der Waals surface area contributed by atoms with Crippen molar-refractivity contribution in [2.45, 2.75) is 38.9 Å². The lowest BCUT2D eigenvalue weighted by atomic mass is 10.1. The monoisotopic (exact) mass is 410 g/mol. The Morgan fingerprint density at radius 2 is 2.10 bits per heavy atom. The minimum Gasteiger partial charge on any atom is -0.341 e. The van der Waals surface area contributed by atoms with E-state index in [1.165, 1.54) is 16.4 Å². The fourth-order valence-electron chi connectivity index (χ4n) is 4.02. The van der Waals surface area contributed by atoms with Crippen LogP contribution < -0.4 is 16.2 Å². The third-order valence-corrected chi connectivity index (χ3v) is 5.99. The molecule has 4 aromatic rings. The molecule has 2 N–H and O–H groups in total. The van der Waals surface area contributed by atoms with E-state index < -0.39 is 0 Å². The summed E-state index contributed by atoms with van der Waals surface area (Å²) in [5, 5.41) is 4.37. The third-order valence-electron chi connectivity index (χ3n) is 5.44. The van der Waals surface area contributed by atoms with Crippen molar-refractivity contribution >= 4 is 39.7 Å². The fourth-order valence-corrected chi connectivity index (χ4v) is 4.53. The van der Waals surface area contributed by atoms with Gasteiger partial charge in [-0.05, 0) is 37.5 Å². The minimum atomic E-state index is -0.138. The number of imidazole rings is 1. The number of hydrogen-bond acceptors (Lipinski definition) is 8. The molecule has 5 rings (SSSR count). The Balaban J connectivity index is 1.55. The van der Waals surface area contributed by atoms with Crippen molar-refractivity contribution in [3.63, 3.8) is 0 Å². The number of aromatic nitrogens is 6. The zero-order valence-electron chi connectivity index (χ0n) is 16.2. The number of piperidine rings is 1. The molecule has 29 heavy (non-hydrogen) atoms. The third kappa shape index (κ3) is 3.18. The normalized spacial score (nSPS) is 17.4. The van der Waals surface area contributed by atoms with Crippen LogP contribution in [0.3, 0.4) is 0 Å². The SMILES string of the molecule is CCn1c(N2CCC[C@@H](N)C2)nc2cnn(Cc3ccc4nsnc4c3)c(=O)c21. The van der Waals surface area contributed by atoms with Crippen molar-refractivity contribution in [1.29, 1.82) is 0 Å². The second-order valence-corrected chi connectivity index (χ2v) is 7.96.